The molecule has 0 amide bonds. The van der Waals surface area contributed by atoms with E-state index in [2.05, 4.69) is 10.2 Å². The van der Waals surface area contributed by atoms with Crippen molar-refractivity contribution in [2.24, 2.45) is 0 Å². The lowest BCUT2D eigenvalue weighted by atomic mass is 10.1. The maximum atomic E-state index is 11.7. The third-order valence-corrected chi connectivity index (χ3v) is 3.55. The molecule has 3 aromatic rings. The largest absolute Gasteiger partial charge is 0.465 e. The summed E-state index contributed by atoms with van der Waals surface area (Å²) in [7, 11) is 1.33. The van der Waals surface area contributed by atoms with Crippen LogP contribution in [0.15, 0.2) is 36.5 Å². The van der Waals surface area contributed by atoms with Crippen LogP contribution in [0.4, 0.5) is 0 Å². The fourth-order valence-electron chi connectivity index (χ4n) is 2.19. The predicted octanol–water partition coefficient (Wildman–Crippen LogP) is 3.14. The van der Waals surface area contributed by atoms with Crippen molar-refractivity contribution in [3.05, 3.63) is 52.7 Å². The smallest absolute Gasteiger partial charge is 0.339 e. The van der Waals surface area contributed by atoms with Gasteiger partial charge in [-0.25, -0.2) is 4.79 Å². The maximum Gasteiger partial charge on any atom is 0.339 e. The van der Waals surface area contributed by atoms with Gasteiger partial charge < -0.3 is 4.74 Å². The molecule has 3 rings (SSSR count). The number of benzene rings is 1. The molecule has 0 radical (unpaired) electrons. The lowest BCUT2D eigenvalue weighted by Gasteiger charge is -2.06. The van der Waals surface area contributed by atoms with Gasteiger partial charge in [-0.1, -0.05) is 35.9 Å². The summed E-state index contributed by atoms with van der Waals surface area (Å²) in [6, 6.07) is 9.34. The van der Waals surface area contributed by atoms with Crippen molar-refractivity contribution >= 4 is 23.2 Å². The second-order valence-corrected chi connectivity index (χ2v) is 5.01. The van der Waals surface area contributed by atoms with Crippen LogP contribution in [0.1, 0.15) is 15.9 Å². The second kappa shape index (κ2) is 5.18. The Labute approximate surface area is 126 Å². The summed E-state index contributed by atoms with van der Waals surface area (Å²) in [6.07, 6.45) is 1.63. The number of rotatable bonds is 2. The summed E-state index contributed by atoms with van der Waals surface area (Å²) in [4.78, 5) is 11.7. The number of aromatic nitrogens is 3. The molecule has 2 aromatic heterocycles. The van der Waals surface area contributed by atoms with Crippen LogP contribution in [-0.2, 0) is 4.74 Å². The van der Waals surface area contributed by atoms with Crippen molar-refractivity contribution in [3.63, 3.8) is 0 Å². The Bertz CT molecular complexity index is 842. The van der Waals surface area contributed by atoms with Gasteiger partial charge in [0.05, 0.1) is 17.7 Å². The molecule has 0 saturated heterocycles. The van der Waals surface area contributed by atoms with Crippen LogP contribution < -0.4 is 0 Å². The van der Waals surface area contributed by atoms with E-state index in [1.165, 1.54) is 13.2 Å². The second-order valence-electron chi connectivity index (χ2n) is 4.60. The van der Waals surface area contributed by atoms with E-state index in [4.69, 9.17) is 16.3 Å². The fraction of sp³-hybridized carbons (Fsp3) is 0.133. The molecule has 0 aliphatic carbocycles. The highest BCUT2D eigenvalue weighted by Crippen LogP contribution is 2.26. The van der Waals surface area contributed by atoms with Crippen LogP contribution in [0.3, 0.4) is 0 Å². The molecule has 0 aliphatic rings. The first kappa shape index (κ1) is 13.6. The molecule has 0 spiro atoms. The zero-order chi connectivity index (χ0) is 15.0. The van der Waals surface area contributed by atoms with Crippen molar-refractivity contribution in [3.8, 4) is 11.4 Å². The number of hydrogen-bond acceptors (Lipinski definition) is 4. The topological polar surface area (TPSA) is 56.5 Å². The van der Waals surface area contributed by atoms with Crippen LogP contribution in [-0.4, -0.2) is 27.7 Å². The molecule has 2 heterocycles. The minimum atomic E-state index is -0.455. The molecule has 21 heavy (non-hydrogen) atoms. The first-order valence-corrected chi connectivity index (χ1v) is 6.68. The first-order valence-electron chi connectivity index (χ1n) is 6.30. The van der Waals surface area contributed by atoms with Crippen LogP contribution >= 0.6 is 11.6 Å². The van der Waals surface area contributed by atoms with E-state index in [1.54, 1.807) is 10.6 Å². The molecule has 0 fully saturated rings. The number of carbonyl (C=O) groups is 1. The van der Waals surface area contributed by atoms with Gasteiger partial charge in [0.2, 0.25) is 0 Å². The molecule has 0 atom stereocenters. The number of halogens is 1. The van der Waals surface area contributed by atoms with Gasteiger partial charge in [0, 0.05) is 11.8 Å². The molecular weight excluding hydrogens is 290 g/mol. The average molecular weight is 302 g/mol. The monoisotopic (exact) mass is 301 g/mol. The van der Waals surface area contributed by atoms with Crippen molar-refractivity contribution < 1.29 is 9.53 Å². The Morgan fingerprint density at radius 1 is 1.29 bits per heavy atom. The van der Waals surface area contributed by atoms with Gasteiger partial charge in [0.1, 0.15) is 0 Å². The molecule has 0 unspecified atom stereocenters. The lowest BCUT2D eigenvalue weighted by Crippen LogP contribution is -2.04. The number of nitrogens with zero attached hydrogens (tertiary/aromatic N) is 3. The predicted molar refractivity (Wildman–Crippen MR) is 79.5 cm³/mol. The number of esters is 1. The highest BCUT2D eigenvalue weighted by atomic mass is 35.5. The Hall–Kier alpha value is -2.40. The molecular formula is C15H12ClN3O2. The number of fused-ring (bicyclic) bond motifs is 1. The SMILES string of the molecule is COC(=O)c1cc(Cl)c2nnc(-c3ccccc3C)n2c1. The zero-order valence-corrected chi connectivity index (χ0v) is 12.3. The summed E-state index contributed by atoms with van der Waals surface area (Å²) in [6.45, 7) is 1.99. The standard InChI is InChI=1S/C15H12ClN3O2/c1-9-5-3-4-6-11(9)13-17-18-14-12(16)7-10(8-19(13)14)15(20)21-2/h3-8H,1-2H3. The summed E-state index contributed by atoms with van der Waals surface area (Å²) in [5, 5.41) is 8.63. The summed E-state index contributed by atoms with van der Waals surface area (Å²) < 4.78 is 6.44. The third-order valence-electron chi connectivity index (χ3n) is 3.27. The minimum Gasteiger partial charge on any atom is -0.465 e. The Balaban J connectivity index is 2.28. The minimum absolute atomic E-state index is 0.352. The molecule has 6 heteroatoms. The summed E-state index contributed by atoms with van der Waals surface area (Å²) in [5.41, 5.74) is 2.85. The number of ether oxygens (including phenoxy) is 1. The van der Waals surface area contributed by atoms with Crippen LogP contribution in [0.5, 0.6) is 0 Å². The van der Waals surface area contributed by atoms with Gasteiger partial charge in [-0.15, -0.1) is 10.2 Å². The van der Waals surface area contributed by atoms with Gasteiger partial charge in [-0.2, -0.15) is 0 Å². The molecule has 106 valence electrons. The quantitative estimate of drug-likeness (QED) is 0.682. The summed E-state index contributed by atoms with van der Waals surface area (Å²) in [5.74, 6) is 0.180. The normalized spacial score (nSPS) is 10.8. The van der Waals surface area contributed by atoms with E-state index in [0.717, 1.165) is 11.1 Å². The number of pyridine rings is 1. The molecule has 0 bridgehead atoms. The molecule has 5 nitrogen and oxygen atoms in total. The van der Waals surface area contributed by atoms with Crippen molar-refractivity contribution in [2.75, 3.05) is 7.11 Å². The Morgan fingerprint density at radius 2 is 2.05 bits per heavy atom. The van der Waals surface area contributed by atoms with E-state index in [1.807, 2.05) is 31.2 Å². The average Bonchev–Trinajstić information content (AvgIpc) is 2.91. The first-order chi connectivity index (χ1) is 10.1. The Kier molecular flexibility index (Phi) is 3.35. The lowest BCUT2D eigenvalue weighted by molar-refractivity contribution is 0.0600. The highest BCUT2D eigenvalue weighted by molar-refractivity contribution is 6.33. The van der Waals surface area contributed by atoms with Crippen LogP contribution in [0, 0.1) is 6.92 Å². The van der Waals surface area contributed by atoms with Gasteiger partial charge in [-0.05, 0) is 18.6 Å². The number of aryl methyl sites for hydroxylation is 1. The van der Waals surface area contributed by atoms with Crippen molar-refractivity contribution in [1.29, 1.82) is 0 Å². The van der Waals surface area contributed by atoms with E-state index < -0.39 is 5.97 Å². The van der Waals surface area contributed by atoms with E-state index in [-0.39, 0.29) is 0 Å². The van der Waals surface area contributed by atoms with E-state index in [0.29, 0.717) is 22.1 Å². The van der Waals surface area contributed by atoms with Gasteiger partial charge in [-0.3, -0.25) is 4.40 Å². The summed E-state index contributed by atoms with van der Waals surface area (Å²) >= 11 is 6.17. The number of carbonyl (C=O) groups excluding carboxylic acids is 1. The van der Waals surface area contributed by atoms with Gasteiger partial charge in [0.15, 0.2) is 11.5 Å². The van der Waals surface area contributed by atoms with Gasteiger partial charge >= 0.3 is 5.97 Å². The Morgan fingerprint density at radius 3 is 2.76 bits per heavy atom. The zero-order valence-electron chi connectivity index (χ0n) is 11.5. The number of methoxy groups -OCH3 is 1. The van der Waals surface area contributed by atoms with Crippen molar-refractivity contribution in [1.82, 2.24) is 14.6 Å². The van der Waals surface area contributed by atoms with Crippen molar-refractivity contribution in [2.45, 2.75) is 6.92 Å². The number of hydrogen-bond donors (Lipinski definition) is 0. The fourth-order valence-corrected chi connectivity index (χ4v) is 2.44. The highest BCUT2D eigenvalue weighted by Gasteiger charge is 2.16. The third kappa shape index (κ3) is 2.25. The van der Waals surface area contributed by atoms with Crippen LogP contribution in [0.25, 0.3) is 17.0 Å². The molecule has 0 saturated carbocycles. The van der Waals surface area contributed by atoms with E-state index in [9.17, 15) is 4.79 Å². The molecule has 0 aliphatic heterocycles. The van der Waals surface area contributed by atoms with E-state index >= 15 is 0 Å². The maximum absolute atomic E-state index is 11.7. The molecule has 1 aromatic carbocycles. The van der Waals surface area contributed by atoms with Crippen LogP contribution in [0.2, 0.25) is 5.02 Å². The van der Waals surface area contributed by atoms with Gasteiger partial charge in [0.25, 0.3) is 0 Å². The molecule has 0 N–H and O–H groups in total.